The van der Waals surface area contributed by atoms with Crippen LogP contribution in [0.25, 0.3) is 0 Å². The standard InChI is InChI=1S/C13H23N3/c1-11(2)10-14-13-8-9-15-16(13)12-6-4-3-5-7-12/h8-9,11-12,14H,3-7,10H2,1-2H3. The number of rotatable bonds is 4. The van der Waals surface area contributed by atoms with Crippen LogP contribution in [0, 0.1) is 5.92 Å². The fourth-order valence-electron chi connectivity index (χ4n) is 2.38. The summed E-state index contributed by atoms with van der Waals surface area (Å²) in [6, 6.07) is 2.72. The zero-order chi connectivity index (χ0) is 11.4. The van der Waals surface area contributed by atoms with Gasteiger partial charge in [0.25, 0.3) is 0 Å². The fourth-order valence-corrected chi connectivity index (χ4v) is 2.38. The molecule has 3 nitrogen and oxygen atoms in total. The van der Waals surface area contributed by atoms with E-state index in [-0.39, 0.29) is 0 Å². The minimum atomic E-state index is 0.624. The van der Waals surface area contributed by atoms with Crippen LogP contribution in [0.2, 0.25) is 0 Å². The van der Waals surface area contributed by atoms with E-state index < -0.39 is 0 Å². The number of hydrogen-bond acceptors (Lipinski definition) is 2. The highest BCUT2D eigenvalue weighted by atomic mass is 15.3. The van der Waals surface area contributed by atoms with Crippen LogP contribution >= 0.6 is 0 Å². The van der Waals surface area contributed by atoms with Crippen LogP contribution in [0.1, 0.15) is 52.0 Å². The van der Waals surface area contributed by atoms with Gasteiger partial charge < -0.3 is 5.32 Å². The van der Waals surface area contributed by atoms with Crippen LogP contribution in [0.5, 0.6) is 0 Å². The van der Waals surface area contributed by atoms with Crippen molar-refractivity contribution in [3.63, 3.8) is 0 Å². The van der Waals surface area contributed by atoms with Gasteiger partial charge in [0.15, 0.2) is 0 Å². The zero-order valence-corrected chi connectivity index (χ0v) is 10.4. The Bertz CT molecular complexity index is 311. The average Bonchev–Trinajstić information content (AvgIpc) is 2.75. The van der Waals surface area contributed by atoms with Gasteiger partial charge in [0.2, 0.25) is 0 Å². The molecule has 0 radical (unpaired) electrons. The van der Waals surface area contributed by atoms with E-state index >= 15 is 0 Å². The first-order chi connectivity index (χ1) is 7.77. The molecule has 1 aromatic rings. The van der Waals surface area contributed by atoms with Gasteiger partial charge in [-0.05, 0) is 18.8 Å². The predicted molar refractivity (Wildman–Crippen MR) is 67.7 cm³/mol. The molecule has 0 spiro atoms. The molecule has 2 rings (SSSR count). The minimum absolute atomic E-state index is 0.624. The molecule has 0 bridgehead atoms. The van der Waals surface area contributed by atoms with Gasteiger partial charge in [0.1, 0.15) is 5.82 Å². The molecule has 0 aliphatic heterocycles. The van der Waals surface area contributed by atoms with Gasteiger partial charge in [-0.2, -0.15) is 5.10 Å². The molecule has 0 unspecified atom stereocenters. The molecule has 0 aromatic carbocycles. The van der Waals surface area contributed by atoms with Gasteiger partial charge in [0.05, 0.1) is 12.2 Å². The summed E-state index contributed by atoms with van der Waals surface area (Å²) in [6.07, 6.45) is 8.60. The topological polar surface area (TPSA) is 29.9 Å². The van der Waals surface area contributed by atoms with Crippen LogP contribution in [0.15, 0.2) is 12.3 Å². The van der Waals surface area contributed by atoms with E-state index in [4.69, 9.17) is 0 Å². The SMILES string of the molecule is CC(C)CNc1ccnn1C1CCCCC1. The second-order valence-corrected chi connectivity index (χ2v) is 5.23. The van der Waals surface area contributed by atoms with E-state index in [2.05, 4.69) is 35.0 Å². The molecule has 1 aliphatic carbocycles. The van der Waals surface area contributed by atoms with Crippen LogP contribution in [0.4, 0.5) is 5.82 Å². The van der Waals surface area contributed by atoms with Crippen molar-refractivity contribution in [1.29, 1.82) is 0 Å². The lowest BCUT2D eigenvalue weighted by atomic mass is 9.96. The quantitative estimate of drug-likeness (QED) is 0.844. The van der Waals surface area contributed by atoms with Crippen LogP contribution in [0.3, 0.4) is 0 Å². The fraction of sp³-hybridized carbons (Fsp3) is 0.769. The van der Waals surface area contributed by atoms with E-state index in [1.54, 1.807) is 0 Å². The molecule has 0 atom stereocenters. The average molecular weight is 221 g/mol. The number of nitrogens with zero attached hydrogens (tertiary/aromatic N) is 2. The Balaban J connectivity index is 2.00. The maximum absolute atomic E-state index is 4.47. The Morgan fingerprint density at radius 3 is 2.81 bits per heavy atom. The number of hydrogen-bond donors (Lipinski definition) is 1. The first-order valence-electron chi connectivity index (χ1n) is 6.55. The van der Waals surface area contributed by atoms with E-state index in [1.165, 1.54) is 37.9 Å². The third kappa shape index (κ3) is 2.77. The van der Waals surface area contributed by atoms with Crippen molar-refractivity contribution in [2.75, 3.05) is 11.9 Å². The van der Waals surface area contributed by atoms with E-state index in [9.17, 15) is 0 Å². The third-order valence-corrected chi connectivity index (χ3v) is 3.28. The smallest absolute Gasteiger partial charge is 0.124 e. The van der Waals surface area contributed by atoms with E-state index in [1.807, 2.05) is 6.20 Å². The molecule has 1 aliphatic rings. The van der Waals surface area contributed by atoms with Gasteiger partial charge in [-0.15, -0.1) is 0 Å². The van der Waals surface area contributed by atoms with Crippen LogP contribution in [-0.2, 0) is 0 Å². The van der Waals surface area contributed by atoms with Crippen molar-refractivity contribution in [2.24, 2.45) is 5.92 Å². The summed E-state index contributed by atoms with van der Waals surface area (Å²) in [5.74, 6) is 1.87. The van der Waals surface area contributed by atoms with Crippen molar-refractivity contribution in [3.8, 4) is 0 Å². The largest absolute Gasteiger partial charge is 0.370 e. The summed E-state index contributed by atoms with van der Waals surface area (Å²) >= 11 is 0. The second-order valence-electron chi connectivity index (χ2n) is 5.23. The molecule has 1 aromatic heterocycles. The summed E-state index contributed by atoms with van der Waals surface area (Å²) < 4.78 is 2.20. The summed E-state index contributed by atoms with van der Waals surface area (Å²) in [4.78, 5) is 0. The van der Waals surface area contributed by atoms with Gasteiger partial charge in [0, 0.05) is 12.6 Å². The lowest BCUT2D eigenvalue weighted by Crippen LogP contribution is -2.18. The second kappa shape index (κ2) is 5.37. The van der Waals surface area contributed by atoms with Gasteiger partial charge >= 0.3 is 0 Å². The molecule has 1 N–H and O–H groups in total. The Morgan fingerprint density at radius 1 is 1.38 bits per heavy atom. The van der Waals surface area contributed by atoms with Gasteiger partial charge in [-0.25, -0.2) is 4.68 Å². The highest BCUT2D eigenvalue weighted by Crippen LogP contribution is 2.29. The lowest BCUT2D eigenvalue weighted by molar-refractivity contribution is 0.332. The van der Waals surface area contributed by atoms with E-state index in [0.29, 0.717) is 12.0 Å². The summed E-state index contributed by atoms with van der Waals surface area (Å²) in [7, 11) is 0. The molecule has 1 saturated carbocycles. The number of nitrogens with one attached hydrogen (secondary N) is 1. The zero-order valence-electron chi connectivity index (χ0n) is 10.4. The van der Waals surface area contributed by atoms with Gasteiger partial charge in [-0.3, -0.25) is 0 Å². The maximum Gasteiger partial charge on any atom is 0.124 e. The predicted octanol–water partition coefficient (Wildman–Crippen LogP) is 3.46. The van der Waals surface area contributed by atoms with Gasteiger partial charge in [-0.1, -0.05) is 33.1 Å². The summed E-state index contributed by atoms with van der Waals surface area (Å²) in [5, 5.41) is 7.96. The molecule has 1 fully saturated rings. The van der Waals surface area contributed by atoms with Crippen molar-refractivity contribution in [1.82, 2.24) is 9.78 Å². The normalized spacial score (nSPS) is 17.9. The Kier molecular flexibility index (Phi) is 3.86. The summed E-state index contributed by atoms with van der Waals surface area (Å²) in [5.41, 5.74) is 0. The first-order valence-corrected chi connectivity index (χ1v) is 6.55. The molecular formula is C13H23N3. The highest BCUT2D eigenvalue weighted by molar-refractivity contribution is 5.34. The molecule has 0 amide bonds. The molecule has 90 valence electrons. The minimum Gasteiger partial charge on any atom is -0.370 e. The third-order valence-electron chi connectivity index (χ3n) is 3.28. The maximum atomic E-state index is 4.47. The molecule has 1 heterocycles. The molecule has 3 heteroatoms. The summed E-state index contributed by atoms with van der Waals surface area (Å²) in [6.45, 7) is 5.49. The molecular weight excluding hydrogens is 198 g/mol. The number of aromatic nitrogens is 2. The van der Waals surface area contributed by atoms with Crippen LogP contribution < -0.4 is 5.32 Å². The van der Waals surface area contributed by atoms with Crippen LogP contribution in [-0.4, -0.2) is 16.3 Å². The van der Waals surface area contributed by atoms with Crippen molar-refractivity contribution < 1.29 is 0 Å². The number of anilines is 1. The first kappa shape index (κ1) is 11.5. The Morgan fingerprint density at radius 2 is 2.12 bits per heavy atom. The molecule has 0 saturated heterocycles. The highest BCUT2D eigenvalue weighted by Gasteiger charge is 2.17. The monoisotopic (exact) mass is 221 g/mol. The van der Waals surface area contributed by atoms with Crippen molar-refractivity contribution in [3.05, 3.63) is 12.3 Å². The van der Waals surface area contributed by atoms with E-state index in [0.717, 1.165) is 6.54 Å². The Hall–Kier alpha value is -0.990. The lowest BCUT2D eigenvalue weighted by Gasteiger charge is -2.24. The molecule has 16 heavy (non-hydrogen) atoms. The Labute approximate surface area is 98.2 Å². The van der Waals surface area contributed by atoms with Crippen molar-refractivity contribution >= 4 is 5.82 Å². The van der Waals surface area contributed by atoms with Crippen molar-refractivity contribution in [2.45, 2.75) is 52.0 Å².